The maximum absolute atomic E-state index is 13.1. The van der Waals surface area contributed by atoms with Gasteiger partial charge >= 0.3 is 0 Å². The molecule has 1 amide bonds. The van der Waals surface area contributed by atoms with Crippen LogP contribution in [0.25, 0.3) is 0 Å². The normalized spacial score (nSPS) is 13.9. The summed E-state index contributed by atoms with van der Waals surface area (Å²) >= 11 is 0. The molecule has 6 nitrogen and oxygen atoms in total. The second-order valence-corrected chi connectivity index (χ2v) is 10.4. The van der Waals surface area contributed by atoms with E-state index in [1.54, 1.807) is 24.3 Å². The van der Waals surface area contributed by atoms with Crippen LogP contribution >= 0.6 is 0 Å². The van der Waals surface area contributed by atoms with Gasteiger partial charge in [-0.15, -0.1) is 0 Å². The second-order valence-electron chi connectivity index (χ2n) is 8.44. The predicted molar refractivity (Wildman–Crippen MR) is 129 cm³/mol. The first-order valence-electron chi connectivity index (χ1n) is 10.9. The summed E-state index contributed by atoms with van der Waals surface area (Å²) < 4.78 is 33.4. The molecule has 4 rings (SSSR count). The Morgan fingerprint density at radius 1 is 0.970 bits per heavy atom. The Bertz CT molecular complexity index is 1260. The highest BCUT2D eigenvalue weighted by atomic mass is 32.2. The molecular weight excluding hydrogens is 436 g/mol. The summed E-state index contributed by atoms with van der Waals surface area (Å²) in [5.41, 5.74) is 5.58. The van der Waals surface area contributed by atoms with Crippen molar-refractivity contribution in [3.63, 3.8) is 0 Å². The number of para-hydroxylation sites is 1. The molecule has 0 radical (unpaired) electrons. The largest absolute Gasteiger partial charge is 0.483 e. The molecule has 0 aliphatic carbocycles. The number of sulfonamides is 1. The number of anilines is 1. The minimum Gasteiger partial charge on any atom is -0.483 e. The topological polar surface area (TPSA) is 75.7 Å². The number of ether oxygens (including phenoxy) is 1. The number of nitrogens with zero attached hydrogens (tertiary/aromatic N) is 1. The summed E-state index contributed by atoms with van der Waals surface area (Å²) in [5, 5.41) is 2.86. The number of hydrogen-bond donors (Lipinski definition) is 1. The van der Waals surface area contributed by atoms with E-state index in [9.17, 15) is 13.2 Å². The van der Waals surface area contributed by atoms with Crippen LogP contribution in [0.5, 0.6) is 5.75 Å². The van der Waals surface area contributed by atoms with Crippen LogP contribution in [0.2, 0.25) is 0 Å². The third kappa shape index (κ3) is 5.10. The molecule has 1 N–H and O–H groups in total. The molecule has 7 heteroatoms. The molecule has 1 heterocycles. The van der Waals surface area contributed by atoms with E-state index >= 15 is 0 Å². The number of fused-ring (bicyclic) bond motifs is 1. The average molecular weight is 465 g/mol. The Hall–Kier alpha value is -3.16. The smallest absolute Gasteiger partial charge is 0.262 e. The maximum Gasteiger partial charge on any atom is 0.262 e. The number of rotatable bonds is 6. The average Bonchev–Trinajstić information content (AvgIpc) is 2.78. The van der Waals surface area contributed by atoms with Gasteiger partial charge in [0.05, 0.1) is 4.90 Å². The molecule has 3 aromatic rings. The van der Waals surface area contributed by atoms with E-state index in [1.165, 1.54) is 4.31 Å². The van der Waals surface area contributed by atoms with Gasteiger partial charge in [0.15, 0.2) is 6.61 Å². The highest BCUT2D eigenvalue weighted by Crippen LogP contribution is 2.27. The van der Waals surface area contributed by atoms with Gasteiger partial charge in [0, 0.05) is 18.8 Å². The fourth-order valence-electron chi connectivity index (χ4n) is 4.04. The van der Waals surface area contributed by atoms with E-state index in [4.69, 9.17) is 4.74 Å². The van der Waals surface area contributed by atoms with Crippen molar-refractivity contribution in [1.82, 2.24) is 4.31 Å². The van der Waals surface area contributed by atoms with Gasteiger partial charge in [0.25, 0.3) is 5.91 Å². The fourth-order valence-corrected chi connectivity index (χ4v) is 5.45. The summed E-state index contributed by atoms with van der Waals surface area (Å²) in [6.07, 6.45) is 0.629. The number of aryl methyl sites for hydroxylation is 3. The van der Waals surface area contributed by atoms with Gasteiger partial charge in [0.2, 0.25) is 10.0 Å². The van der Waals surface area contributed by atoms with Crippen LogP contribution in [0.4, 0.5) is 5.69 Å². The molecule has 0 aromatic heterocycles. The Morgan fingerprint density at radius 3 is 2.36 bits per heavy atom. The molecule has 33 heavy (non-hydrogen) atoms. The predicted octanol–water partition coefficient (Wildman–Crippen LogP) is 4.38. The number of benzene rings is 3. The number of carbonyl (C=O) groups is 1. The van der Waals surface area contributed by atoms with Gasteiger partial charge in [0.1, 0.15) is 5.75 Å². The molecule has 1 aliphatic heterocycles. The lowest BCUT2D eigenvalue weighted by Gasteiger charge is -2.28. The summed E-state index contributed by atoms with van der Waals surface area (Å²) in [6.45, 7) is 6.42. The molecule has 0 saturated carbocycles. The van der Waals surface area contributed by atoms with Gasteiger partial charge in [-0.3, -0.25) is 4.79 Å². The third-order valence-electron chi connectivity index (χ3n) is 5.88. The van der Waals surface area contributed by atoms with Crippen LogP contribution in [0.15, 0.2) is 65.6 Å². The zero-order valence-corrected chi connectivity index (χ0v) is 19.9. The van der Waals surface area contributed by atoms with Crippen LogP contribution in [0.3, 0.4) is 0 Å². The van der Waals surface area contributed by atoms with Crippen LogP contribution in [0, 0.1) is 20.8 Å². The highest BCUT2D eigenvalue weighted by molar-refractivity contribution is 7.89. The third-order valence-corrected chi connectivity index (χ3v) is 7.74. The van der Waals surface area contributed by atoms with E-state index in [2.05, 4.69) is 5.32 Å². The summed E-state index contributed by atoms with van der Waals surface area (Å²) in [7, 11) is -3.58. The van der Waals surface area contributed by atoms with Gasteiger partial charge in [-0.05, 0) is 73.7 Å². The van der Waals surface area contributed by atoms with Gasteiger partial charge in [-0.25, -0.2) is 8.42 Å². The number of nitrogens with one attached hydrogen (secondary N) is 1. The van der Waals surface area contributed by atoms with E-state index in [0.29, 0.717) is 23.5 Å². The Labute approximate surface area is 195 Å². The first-order valence-corrected chi connectivity index (χ1v) is 12.4. The van der Waals surface area contributed by atoms with Crippen LogP contribution in [-0.2, 0) is 27.8 Å². The van der Waals surface area contributed by atoms with Crippen LogP contribution in [-0.4, -0.2) is 31.8 Å². The Morgan fingerprint density at radius 2 is 1.67 bits per heavy atom. The van der Waals surface area contributed by atoms with Gasteiger partial charge in [-0.2, -0.15) is 4.31 Å². The lowest BCUT2D eigenvalue weighted by atomic mass is 10.0. The molecule has 1 aliphatic rings. The van der Waals surface area contributed by atoms with Crippen molar-refractivity contribution >= 4 is 21.6 Å². The summed E-state index contributed by atoms with van der Waals surface area (Å²) in [6, 6.07) is 18.4. The first-order chi connectivity index (χ1) is 15.7. The first kappa shape index (κ1) is 23.0. The lowest BCUT2D eigenvalue weighted by molar-refractivity contribution is -0.118. The van der Waals surface area contributed by atoms with Gasteiger partial charge < -0.3 is 10.1 Å². The van der Waals surface area contributed by atoms with E-state index in [0.717, 1.165) is 33.6 Å². The van der Waals surface area contributed by atoms with E-state index in [-0.39, 0.29) is 19.1 Å². The monoisotopic (exact) mass is 464 g/mol. The van der Waals surface area contributed by atoms with E-state index in [1.807, 2.05) is 57.2 Å². The summed E-state index contributed by atoms with van der Waals surface area (Å²) in [5.74, 6) is 0.451. The van der Waals surface area contributed by atoms with Crippen molar-refractivity contribution in [3.05, 3.63) is 88.5 Å². The molecule has 172 valence electrons. The minimum atomic E-state index is -3.58. The maximum atomic E-state index is 13.1. The van der Waals surface area contributed by atoms with Crippen molar-refractivity contribution in [1.29, 1.82) is 0 Å². The van der Waals surface area contributed by atoms with Crippen molar-refractivity contribution in [2.24, 2.45) is 0 Å². The molecule has 0 spiro atoms. The SMILES string of the molecule is Cc1ccc(S(=O)(=O)N2CCc3ccc(NC(=O)COc4c(C)cccc4C)cc3C2)cc1. The molecule has 0 fully saturated rings. The molecule has 0 bridgehead atoms. The zero-order chi connectivity index (χ0) is 23.6. The van der Waals surface area contributed by atoms with E-state index < -0.39 is 10.0 Å². The fraction of sp³-hybridized carbons (Fsp3) is 0.269. The number of carbonyl (C=O) groups excluding carboxylic acids is 1. The zero-order valence-electron chi connectivity index (χ0n) is 19.1. The molecule has 0 saturated heterocycles. The standard InChI is InChI=1S/C26H28N2O4S/c1-18-7-11-24(12-8-18)33(30,31)28-14-13-21-9-10-23(15-22(21)16-28)27-25(29)17-32-26-19(2)5-4-6-20(26)3/h4-12,15H,13-14,16-17H2,1-3H3,(H,27,29). The molecular formula is C26H28N2O4S. The molecule has 0 unspecified atom stereocenters. The van der Waals surface area contributed by atoms with Crippen LogP contribution in [0.1, 0.15) is 27.8 Å². The molecule has 3 aromatic carbocycles. The van der Waals surface area contributed by atoms with Crippen molar-refractivity contribution < 1.29 is 17.9 Å². The van der Waals surface area contributed by atoms with Gasteiger partial charge in [-0.1, -0.05) is 42.0 Å². The quantitative estimate of drug-likeness (QED) is 0.588. The molecule has 0 atom stereocenters. The van der Waals surface area contributed by atoms with Crippen LogP contribution < -0.4 is 10.1 Å². The highest BCUT2D eigenvalue weighted by Gasteiger charge is 2.28. The lowest BCUT2D eigenvalue weighted by Crippen LogP contribution is -2.36. The number of amides is 1. The minimum absolute atomic E-state index is 0.100. The Kier molecular flexibility index (Phi) is 6.54. The Balaban J connectivity index is 1.44. The van der Waals surface area contributed by atoms with Crippen molar-refractivity contribution in [2.75, 3.05) is 18.5 Å². The van der Waals surface area contributed by atoms with Crippen molar-refractivity contribution in [2.45, 2.75) is 38.6 Å². The summed E-state index contributed by atoms with van der Waals surface area (Å²) in [4.78, 5) is 12.8. The number of hydrogen-bond acceptors (Lipinski definition) is 4. The van der Waals surface area contributed by atoms with Crippen molar-refractivity contribution in [3.8, 4) is 5.75 Å². The second kappa shape index (κ2) is 9.37.